The summed E-state index contributed by atoms with van der Waals surface area (Å²) >= 11 is 0. The highest BCUT2D eigenvalue weighted by molar-refractivity contribution is 6.05. The second-order valence-corrected chi connectivity index (χ2v) is 6.20. The van der Waals surface area contributed by atoms with Gasteiger partial charge < -0.3 is 14.8 Å². The van der Waals surface area contributed by atoms with Crippen LogP contribution in [0.15, 0.2) is 23.2 Å². The summed E-state index contributed by atoms with van der Waals surface area (Å²) in [6.07, 6.45) is 5.61. The number of hydrogen-bond donors (Lipinski definition) is 1. The highest BCUT2D eigenvalue weighted by Crippen LogP contribution is 2.41. The van der Waals surface area contributed by atoms with Gasteiger partial charge in [0.05, 0.1) is 26.0 Å². The largest absolute Gasteiger partial charge is 0.496 e. The van der Waals surface area contributed by atoms with Crippen LogP contribution in [-0.2, 0) is 16.0 Å². The van der Waals surface area contributed by atoms with Crippen LogP contribution in [0, 0.1) is 5.92 Å². The number of carbonyl (C=O) groups is 1. The number of rotatable bonds is 3. The van der Waals surface area contributed by atoms with Crippen LogP contribution in [-0.4, -0.2) is 32.1 Å². The molecule has 0 aromatic heterocycles. The van der Waals surface area contributed by atoms with Gasteiger partial charge in [-0.25, -0.2) is 4.99 Å². The third kappa shape index (κ3) is 2.77. The number of ether oxygens (including phenoxy) is 2. The van der Waals surface area contributed by atoms with E-state index in [4.69, 9.17) is 14.5 Å². The second-order valence-electron chi connectivity index (χ2n) is 6.20. The number of nitrogens with one attached hydrogen (secondary N) is 1. The van der Waals surface area contributed by atoms with Crippen LogP contribution in [0.25, 0.3) is 5.57 Å². The fraction of sp³-hybridized carbons (Fsp3) is 0.444. The summed E-state index contributed by atoms with van der Waals surface area (Å²) in [5.74, 6) is 1.84. The van der Waals surface area contributed by atoms with E-state index in [9.17, 15) is 4.79 Å². The Labute approximate surface area is 135 Å². The SMILES string of the molecule is COc1ccc(C2=CCOCC2)c2c1CC(NC(=O)C1CC1)=N2. The summed E-state index contributed by atoms with van der Waals surface area (Å²) < 4.78 is 10.9. The molecule has 120 valence electrons. The van der Waals surface area contributed by atoms with E-state index < -0.39 is 0 Å². The lowest BCUT2D eigenvalue weighted by Crippen LogP contribution is -2.31. The molecular weight excluding hydrogens is 292 g/mol. The quantitative estimate of drug-likeness (QED) is 0.933. The first kappa shape index (κ1) is 14.5. The van der Waals surface area contributed by atoms with Gasteiger partial charge in [-0.3, -0.25) is 4.79 Å². The number of methoxy groups -OCH3 is 1. The third-order valence-corrected chi connectivity index (χ3v) is 4.58. The molecule has 2 aliphatic heterocycles. The van der Waals surface area contributed by atoms with Gasteiger partial charge in [0.25, 0.3) is 0 Å². The lowest BCUT2D eigenvalue weighted by Gasteiger charge is -2.16. The van der Waals surface area contributed by atoms with Crippen molar-refractivity contribution in [1.29, 1.82) is 0 Å². The third-order valence-electron chi connectivity index (χ3n) is 4.58. The molecule has 3 aliphatic rings. The van der Waals surface area contributed by atoms with Gasteiger partial charge in [-0.2, -0.15) is 0 Å². The molecule has 4 rings (SSSR count). The topological polar surface area (TPSA) is 59.9 Å². The smallest absolute Gasteiger partial charge is 0.228 e. The lowest BCUT2D eigenvalue weighted by molar-refractivity contribution is -0.120. The maximum absolute atomic E-state index is 12.0. The van der Waals surface area contributed by atoms with E-state index in [1.165, 1.54) is 5.57 Å². The number of aliphatic imine (C=N–C) groups is 1. The second kappa shape index (κ2) is 5.81. The highest BCUT2D eigenvalue weighted by atomic mass is 16.5. The van der Waals surface area contributed by atoms with E-state index in [2.05, 4.69) is 17.5 Å². The van der Waals surface area contributed by atoms with Crippen molar-refractivity contribution in [3.8, 4) is 5.75 Å². The summed E-state index contributed by atoms with van der Waals surface area (Å²) in [6.45, 7) is 1.38. The number of carbonyl (C=O) groups excluding carboxylic acids is 1. The Kier molecular flexibility index (Phi) is 3.65. The van der Waals surface area contributed by atoms with Crippen molar-refractivity contribution < 1.29 is 14.3 Å². The first-order valence-corrected chi connectivity index (χ1v) is 8.11. The number of benzene rings is 1. The Morgan fingerprint density at radius 2 is 2.26 bits per heavy atom. The van der Waals surface area contributed by atoms with Gasteiger partial charge in [0, 0.05) is 23.5 Å². The van der Waals surface area contributed by atoms with Crippen molar-refractivity contribution in [1.82, 2.24) is 5.32 Å². The fourth-order valence-corrected chi connectivity index (χ4v) is 3.14. The summed E-state index contributed by atoms with van der Waals surface area (Å²) in [5.41, 5.74) is 4.38. The normalized spacial score (nSPS) is 19.7. The molecule has 0 unspecified atom stereocenters. The Bertz CT molecular complexity index is 717. The number of fused-ring (bicyclic) bond motifs is 1. The molecule has 1 aromatic carbocycles. The van der Waals surface area contributed by atoms with Gasteiger partial charge in [-0.05, 0) is 37.0 Å². The van der Waals surface area contributed by atoms with Gasteiger partial charge in [-0.15, -0.1) is 0 Å². The molecule has 0 radical (unpaired) electrons. The van der Waals surface area contributed by atoms with Gasteiger partial charge in [0.1, 0.15) is 11.6 Å². The Balaban J connectivity index is 1.67. The van der Waals surface area contributed by atoms with Gasteiger partial charge in [0.15, 0.2) is 0 Å². The van der Waals surface area contributed by atoms with Crippen LogP contribution in [0.3, 0.4) is 0 Å². The van der Waals surface area contributed by atoms with Crippen LogP contribution in [0.2, 0.25) is 0 Å². The van der Waals surface area contributed by atoms with Crippen molar-refractivity contribution >= 4 is 23.0 Å². The summed E-state index contributed by atoms with van der Waals surface area (Å²) in [4.78, 5) is 16.7. The predicted octanol–water partition coefficient (Wildman–Crippen LogP) is 2.61. The van der Waals surface area contributed by atoms with Gasteiger partial charge >= 0.3 is 0 Å². The summed E-state index contributed by atoms with van der Waals surface area (Å²) in [7, 11) is 1.67. The average Bonchev–Trinajstić information content (AvgIpc) is 3.35. The number of hydrogen-bond acceptors (Lipinski definition) is 4. The van der Waals surface area contributed by atoms with E-state index in [1.54, 1.807) is 7.11 Å². The molecule has 1 N–H and O–H groups in total. The molecule has 1 aromatic rings. The summed E-state index contributed by atoms with van der Waals surface area (Å²) in [6, 6.07) is 4.05. The van der Waals surface area contributed by atoms with Crippen LogP contribution in [0.4, 0.5) is 5.69 Å². The standard InChI is InChI=1S/C18H20N2O3/c1-22-15-5-4-13(11-6-8-23-9-7-11)17-14(15)10-16(19-17)20-18(21)12-2-3-12/h4-6,12H,2-3,7-10H2,1H3,(H,19,20,21). The van der Waals surface area contributed by atoms with Crippen molar-refractivity contribution in [3.63, 3.8) is 0 Å². The minimum Gasteiger partial charge on any atom is -0.496 e. The van der Waals surface area contributed by atoms with E-state index >= 15 is 0 Å². The fourth-order valence-electron chi connectivity index (χ4n) is 3.14. The zero-order chi connectivity index (χ0) is 15.8. The number of amidine groups is 1. The molecule has 23 heavy (non-hydrogen) atoms. The molecule has 1 fully saturated rings. The van der Waals surface area contributed by atoms with Crippen molar-refractivity contribution in [2.45, 2.75) is 25.7 Å². The molecular formula is C18H20N2O3. The monoisotopic (exact) mass is 312 g/mol. The lowest BCUT2D eigenvalue weighted by atomic mass is 9.96. The molecule has 0 bridgehead atoms. The molecule has 0 atom stereocenters. The first-order chi connectivity index (χ1) is 11.3. The van der Waals surface area contributed by atoms with Gasteiger partial charge in [0.2, 0.25) is 5.91 Å². The minimum atomic E-state index is 0.0994. The Morgan fingerprint density at radius 1 is 1.39 bits per heavy atom. The molecule has 0 saturated heterocycles. The van der Waals surface area contributed by atoms with Crippen LogP contribution < -0.4 is 10.1 Å². The molecule has 1 aliphatic carbocycles. The van der Waals surface area contributed by atoms with Crippen LogP contribution in [0.5, 0.6) is 5.75 Å². The first-order valence-electron chi connectivity index (χ1n) is 8.11. The van der Waals surface area contributed by atoms with Crippen LogP contribution >= 0.6 is 0 Å². The Morgan fingerprint density at radius 3 is 2.96 bits per heavy atom. The van der Waals surface area contributed by atoms with E-state index in [0.29, 0.717) is 13.0 Å². The Hall–Kier alpha value is -2.14. The van der Waals surface area contributed by atoms with Gasteiger partial charge in [-0.1, -0.05) is 6.08 Å². The van der Waals surface area contributed by atoms with Crippen LogP contribution in [0.1, 0.15) is 30.4 Å². The molecule has 5 nitrogen and oxygen atoms in total. The molecule has 1 saturated carbocycles. The zero-order valence-electron chi connectivity index (χ0n) is 13.2. The molecule has 1 amide bonds. The van der Waals surface area contributed by atoms with Crippen molar-refractivity contribution in [2.24, 2.45) is 10.9 Å². The molecule has 5 heteroatoms. The number of amides is 1. The summed E-state index contributed by atoms with van der Waals surface area (Å²) in [5, 5.41) is 2.98. The maximum atomic E-state index is 12.0. The van der Waals surface area contributed by atoms with E-state index in [-0.39, 0.29) is 11.8 Å². The van der Waals surface area contributed by atoms with Crippen molar-refractivity contribution in [3.05, 3.63) is 29.3 Å². The number of nitrogens with zero attached hydrogens (tertiary/aromatic N) is 1. The highest BCUT2D eigenvalue weighted by Gasteiger charge is 2.32. The van der Waals surface area contributed by atoms with E-state index in [0.717, 1.165) is 54.3 Å². The maximum Gasteiger partial charge on any atom is 0.228 e. The predicted molar refractivity (Wildman–Crippen MR) is 88.1 cm³/mol. The molecule has 2 heterocycles. The molecule has 0 spiro atoms. The van der Waals surface area contributed by atoms with E-state index in [1.807, 2.05) is 6.07 Å². The average molecular weight is 312 g/mol. The zero-order valence-corrected chi connectivity index (χ0v) is 13.2. The minimum absolute atomic E-state index is 0.0994. The van der Waals surface area contributed by atoms with Crippen molar-refractivity contribution in [2.75, 3.05) is 20.3 Å².